The largest absolute Gasteiger partial charge is 0.337 e. The van der Waals surface area contributed by atoms with Crippen LogP contribution in [-0.4, -0.2) is 26.2 Å². The van der Waals surface area contributed by atoms with Crippen molar-refractivity contribution in [2.75, 3.05) is 10.6 Å². The number of carbonyl (C=O) groups is 1. The monoisotopic (exact) mass is 391 g/mol. The predicted molar refractivity (Wildman–Crippen MR) is 108 cm³/mol. The highest BCUT2D eigenvalue weighted by molar-refractivity contribution is 5.95. The summed E-state index contributed by atoms with van der Waals surface area (Å²) >= 11 is 0. The maximum atomic E-state index is 12.9. The smallest absolute Gasteiger partial charge is 0.320 e. The fraction of sp³-hybridized carbons (Fsp3) is 0.100. The van der Waals surface area contributed by atoms with Gasteiger partial charge in [0.25, 0.3) is 0 Å². The summed E-state index contributed by atoms with van der Waals surface area (Å²) in [5.41, 5.74) is 2.28. The minimum Gasteiger partial charge on any atom is -0.337 e. The number of carbonyl (C=O) groups excluding carboxylic acids is 1. The average Bonchev–Trinajstić information content (AvgIpc) is 3.12. The van der Waals surface area contributed by atoms with Gasteiger partial charge in [-0.05, 0) is 24.6 Å². The summed E-state index contributed by atoms with van der Waals surface area (Å²) in [5, 5.41) is 16.4. The number of nitrogens with zero attached hydrogens (tertiary/aromatic N) is 3. The number of pyridine rings is 2. The van der Waals surface area contributed by atoms with Crippen molar-refractivity contribution in [2.24, 2.45) is 0 Å². The lowest BCUT2D eigenvalue weighted by molar-refractivity contribution is 0.249. The van der Waals surface area contributed by atoms with Gasteiger partial charge in [-0.2, -0.15) is 9.49 Å². The van der Waals surface area contributed by atoms with Crippen LogP contribution in [-0.2, 0) is 0 Å². The third-order valence-electron chi connectivity index (χ3n) is 4.33. The van der Waals surface area contributed by atoms with E-state index in [-0.39, 0.29) is 12.1 Å². The van der Waals surface area contributed by atoms with Crippen LogP contribution in [0, 0.1) is 5.95 Å². The molecule has 0 radical (unpaired) electrons. The Kier molecular flexibility index (Phi) is 5.02. The summed E-state index contributed by atoms with van der Waals surface area (Å²) in [6.07, 6.45) is 2.96. The number of rotatable bonds is 5. The Labute approximate surface area is 165 Å². The predicted octanol–water partition coefficient (Wildman–Crippen LogP) is 4.12. The SMILES string of the molecule is C[C@@H](NC(=O)Nc1cc2[nH]nc(Nc3ccc(F)nc3)c2cn1)c1ccccc1. The lowest BCUT2D eigenvalue weighted by Crippen LogP contribution is -2.31. The highest BCUT2D eigenvalue weighted by Gasteiger charge is 2.12. The van der Waals surface area contributed by atoms with Crippen molar-refractivity contribution in [1.82, 2.24) is 25.5 Å². The molecule has 9 heteroatoms. The molecule has 0 spiro atoms. The molecule has 0 saturated carbocycles. The van der Waals surface area contributed by atoms with Gasteiger partial charge in [0, 0.05) is 12.3 Å². The van der Waals surface area contributed by atoms with Crippen LogP contribution >= 0.6 is 0 Å². The van der Waals surface area contributed by atoms with Crippen LogP contribution in [0.5, 0.6) is 0 Å². The molecule has 146 valence electrons. The normalized spacial score (nSPS) is 11.8. The molecule has 29 heavy (non-hydrogen) atoms. The van der Waals surface area contributed by atoms with Gasteiger partial charge >= 0.3 is 6.03 Å². The van der Waals surface area contributed by atoms with E-state index in [1.807, 2.05) is 37.3 Å². The van der Waals surface area contributed by atoms with Gasteiger partial charge in [-0.1, -0.05) is 30.3 Å². The molecule has 0 aliphatic rings. The molecule has 0 aliphatic carbocycles. The second kappa shape index (κ2) is 7.93. The summed E-state index contributed by atoms with van der Waals surface area (Å²) in [4.78, 5) is 20.1. The summed E-state index contributed by atoms with van der Waals surface area (Å²) in [7, 11) is 0. The van der Waals surface area contributed by atoms with Crippen molar-refractivity contribution in [1.29, 1.82) is 0 Å². The van der Waals surface area contributed by atoms with Gasteiger partial charge in [-0.25, -0.2) is 14.8 Å². The molecular weight excluding hydrogens is 373 g/mol. The van der Waals surface area contributed by atoms with Gasteiger partial charge in [-0.3, -0.25) is 10.4 Å². The summed E-state index contributed by atoms with van der Waals surface area (Å²) in [6, 6.07) is 13.7. The third kappa shape index (κ3) is 4.29. The van der Waals surface area contributed by atoms with Crippen molar-refractivity contribution in [3.8, 4) is 0 Å². The Morgan fingerprint density at radius 2 is 1.93 bits per heavy atom. The van der Waals surface area contributed by atoms with E-state index in [1.165, 1.54) is 12.3 Å². The number of aromatic amines is 1. The number of urea groups is 1. The number of benzene rings is 1. The Morgan fingerprint density at radius 1 is 1.10 bits per heavy atom. The zero-order valence-electron chi connectivity index (χ0n) is 15.5. The van der Waals surface area contributed by atoms with E-state index in [0.29, 0.717) is 22.8 Å². The standard InChI is InChI=1S/C20H18FN7O/c1-12(13-5-3-2-4-6-13)24-20(29)26-18-9-16-15(11-23-18)19(28-27-16)25-14-7-8-17(21)22-10-14/h2-12H,1H3,(H2,25,27,28)(H2,23,24,26,29)/t12-/m1/s1. The Balaban J connectivity index is 1.44. The Bertz CT molecular complexity index is 1130. The van der Waals surface area contributed by atoms with Crippen LogP contribution in [0.3, 0.4) is 0 Å². The number of amides is 2. The van der Waals surface area contributed by atoms with Crippen LogP contribution in [0.4, 0.5) is 26.5 Å². The fourth-order valence-electron chi connectivity index (χ4n) is 2.84. The first-order valence-electron chi connectivity index (χ1n) is 8.93. The summed E-state index contributed by atoms with van der Waals surface area (Å²) < 4.78 is 12.9. The second-order valence-electron chi connectivity index (χ2n) is 6.41. The molecule has 4 aromatic rings. The minimum absolute atomic E-state index is 0.146. The molecule has 1 aromatic carbocycles. The number of aromatic nitrogens is 4. The first-order chi connectivity index (χ1) is 14.1. The Morgan fingerprint density at radius 3 is 2.69 bits per heavy atom. The molecule has 8 nitrogen and oxygen atoms in total. The van der Waals surface area contributed by atoms with E-state index in [2.05, 4.69) is 36.1 Å². The van der Waals surface area contributed by atoms with Gasteiger partial charge in [0.15, 0.2) is 5.82 Å². The molecule has 3 heterocycles. The van der Waals surface area contributed by atoms with E-state index < -0.39 is 5.95 Å². The zero-order valence-corrected chi connectivity index (χ0v) is 15.5. The number of H-pyrrole nitrogens is 1. The minimum atomic E-state index is -0.556. The van der Waals surface area contributed by atoms with Crippen molar-refractivity contribution in [2.45, 2.75) is 13.0 Å². The van der Waals surface area contributed by atoms with Crippen molar-refractivity contribution >= 4 is 34.3 Å². The van der Waals surface area contributed by atoms with E-state index >= 15 is 0 Å². The molecule has 0 saturated heterocycles. The summed E-state index contributed by atoms with van der Waals surface area (Å²) in [5.74, 6) is 0.350. The number of hydrogen-bond donors (Lipinski definition) is 4. The molecule has 1 atom stereocenters. The fourth-order valence-corrected chi connectivity index (χ4v) is 2.84. The Hall–Kier alpha value is -4.01. The molecule has 2 amide bonds. The number of nitrogens with one attached hydrogen (secondary N) is 4. The molecular formula is C20H18FN7O. The maximum absolute atomic E-state index is 12.9. The van der Waals surface area contributed by atoms with Crippen LogP contribution in [0.1, 0.15) is 18.5 Å². The van der Waals surface area contributed by atoms with Gasteiger partial charge < -0.3 is 10.6 Å². The van der Waals surface area contributed by atoms with Crippen LogP contribution in [0.15, 0.2) is 60.9 Å². The summed E-state index contributed by atoms with van der Waals surface area (Å²) in [6.45, 7) is 1.91. The van der Waals surface area contributed by atoms with Gasteiger partial charge in [0.1, 0.15) is 5.82 Å². The van der Waals surface area contributed by atoms with Crippen LogP contribution < -0.4 is 16.0 Å². The highest BCUT2D eigenvalue weighted by Crippen LogP contribution is 2.24. The molecule has 0 aliphatic heterocycles. The first kappa shape index (κ1) is 18.4. The molecule has 0 bridgehead atoms. The lowest BCUT2D eigenvalue weighted by atomic mass is 10.1. The third-order valence-corrected chi connectivity index (χ3v) is 4.33. The topological polar surface area (TPSA) is 108 Å². The number of hydrogen-bond acceptors (Lipinski definition) is 5. The van der Waals surface area contributed by atoms with Gasteiger partial charge in [0.2, 0.25) is 5.95 Å². The van der Waals surface area contributed by atoms with Crippen molar-refractivity contribution in [3.05, 3.63) is 72.4 Å². The van der Waals surface area contributed by atoms with Gasteiger partial charge in [-0.15, -0.1) is 0 Å². The second-order valence-corrected chi connectivity index (χ2v) is 6.41. The molecule has 0 fully saturated rings. The van der Waals surface area contributed by atoms with Crippen LogP contribution in [0.25, 0.3) is 10.9 Å². The average molecular weight is 391 g/mol. The molecule has 4 rings (SSSR count). The van der Waals surface area contributed by atoms with Crippen molar-refractivity contribution in [3.63, 3.8) is 0 Å². The number of fused-ring (bicyclic) bond motifs is 1. The molecule has 4 N–H and O–H groups in total. The number of halogens is 1. The lowest BCUT2D eigenvalue weighted by Gasteiger charge is -2.14. The molecule has 0 unspecified atom stereocenters. The van der Waals surface area contributed by atoms with Crippen LogP contribution in [0.2, 0.25) is 0 Å². The first-order valence-corrected chi connectivity index (χ1v) is 8.93. The van der Waals surface area contributed by atoms with Gasteiger partial charge in [0.05, 0.1) is 28.8 Å². The van der Waals surface area contributed by atoms with E-state index in [4.69, 9.17) is 0 Å². The molecule has 3 aromatic heterocycles. The maximum Gasteiger partial charge on any atom is 0.320 e. The van der Waals surface area contributed by atoms with E-state index in [9.17, 15) is 9.18 Å². The van der Waals surface area contributed by atoms with E-state index in [1.54, 1.807) is 18.3 Å². The quantitative estimate of drug-likeness (QED) is 0.383. The van der Waals surface area contributed by atoms with Crippen molar-refractivity contribution < 1.29 is 9.18 Å². The zero-order chi connectivity index (χ0) is 20.2. The highest BCUT2D eigenvalue weighted by atomic mass is 19.1. The van der Waals surface area contributed by atoms with E-state index in [0.717, 1.165) is 10.9 Å². The number of anilines is 3.